The number of carboxylic acid groups (broad SMARTS) is 1. The number of amides is 1. The van der Waals surface area contributed by atoms with Gasteiger partial charge in [0, 0.05) is 17.1 Å². The van der Waals surface area contributed by atoms with Crippen molar-refractivity contribution >= 4 is 23.2 Å². The summed E-state index contributed by atoms with van der Waals surface area (Å²) < 4.78 is 39.2. The lowest BCUT2D eigenvalue weighted by Crippen LogP contribution is -2.25. The number of carboxylic acids is 1. The monoisotopic (exact) mass is 344 g/mol. The van der Waals surface area contributed by atoms with Crippen molar-refractivity contribution in [2.75, 3.05) is 0 Å². The van der Waals surface area contributed by atoms with Crippen LogP contribution < -0.4 is 4.80 Å². The summed E-state index contributed by atoms with van der Waals surface area (Å²) in [5.74, 6) is -1.98. The van der Waals surface area contributed by atoms with Gasteiger partial charge >= 0.3 is 12.1 Å². The van der Waals surface area contributed by atoms with Gasteiger partial charge in [0.2, 0.25) is 0 Å². The van der Waals surface area contributed by atoms with Gasteiger partial charge in [-0.05, 0) is 25.1 Å². The van der Waals surface area contributed by atoms with Crippen molar-refractivity contribution in [1.82, 2.24) is 4.57 Å². The Kier molecular flexibility index (Phi) is 4.69. The van der Waals surface area contributed by atoms with Crippen LogP contribution in [0.2, 0.25) is 0 Å². The zero-order chi connectivity index (χ0) is 17.2. The van der Waals surface area contributed by atoms with Gasteiger partial charge in [0.05, 0.1) is 5.56 Å². The van der Waals surface area contributed by atoms with E-state index >= 15 is 0 Å². The Bertz CT molecular complexity index is 808. The standard InChI is InChI=1S/C14H11F3N2O3S/c1-8(12(21)22)19-5-6-23-13(19)18-11(20)9-3-2-4-10(7-9)14(15,16)17/h2-8H,1H3,(H,21,22). The molecule has 0 aliphatic rings. The minimum Gasteiger partial charge on any atom is -0.480 e. The average molecular weight is 344 g/mol. The van der Waals surface area contributed by atoms with Crippen molar-refractivity contribution < 1.29 is 27.9 Å². The van der Waals surface area contributed by atoms with Gasteiger partial charge in [0.25, 0.3) is 5.91 Å². The molecule has 0 bridgehead atoms. The molecule has 0 aliphatic carbocycles. The Morgan fingerprint density at radius 1 is 1.35 bits per heavy atom. The van der Waals surface area contributed by atoms with Gasteiger partial charge in [0.15, 0.2) is 4.80 Å². The summed E-state index contributed by atoms with van der Waals surface area (Å²) in [6, 6.07) is 2.96. The van der Waals surface area contributed by atoms with Gasteiger partial charge in [-0.3, -0.25) is 4.79 Å². The molecule has 0 aliphatic heterocycles. The van der Waals surface area contributed by atoms with Crippen LogP contribution in [0.15, 0.2) is 40.8 Å². The van der Waals surface area contributed by atoms with Gasteiger partial charge in [0.1, 0.15) is 6.04 Å². The quantitative estimate of drug-likeness (QED) is 0.930. The number of alkyl halides is 3. The predicted molar refractivity (Wildman–Crippen MR) is 76.0 cm³/mol. The van der Waals surface area contributed by atoms with Gasteiger partial charge in [-0.1, -0.05) is 6.07 Å². The fourth-order valence-corrected chi connectivity index (χ4v) is 2.55. The minimum absolute atomic E-state index is 0.0994. The Hall–Kier alpha value is -2.42. The molecule has 1 atom stereocenters. The zero-order valence-corrected chi connectivity index (χ0v) is 12.6. The zero-order valence-electron chi connectivity index (χ0n) is 11.7. The number of aliphatic carboxylic acids is 1. The maximum atomic E-state index is 12.7. The summed E-state index contributed by atoms with van der Waals surface area (Å²) >= 11 is 1.02. The number of hydrogen-bond acceptors (Lipinski definition) is 3. The number of carbonyl (C=O) groups is 2. The minimum atomic E-state index is -4.56. The lowest BCUT2D eigenvalue weighted by Gasteiger charge is -2.08. The number of aromatic nitrogens is 1. The van der Waals surface area contributed by atoms with Crippen molar-refractivity contribution in [3.63, 3.8) is 0 Å². The first-order valence-corrected chi connectivity index (χ1v) is 7.23. The van der Waals surface area contributed by atoms with E-state index < -0.39 is 29.7 Å². The first-order chi connectivity index (χ1) is 10.7. The molecule has 5 nitrogen and oxygen atoms in total. The van der Waals surface area contributed by atoms with E-state index in [0.29, 0.717) is 6.07 Å². The second-order valence-electron chi connectivity index (χ2n) is 4.60. The first kappa shape index (κ1) is 16.9. The lowest BCUT2D eigenvalue weighted by atomic mass is 10.1. The van der Waals surface area contributed by atoms with Gasteiger partial charge in [-0.25, -0.2) is 4.79 Å². The molecule has 0 saturated heterocycles. The third-order valence-corrected chi connectivity index (χ3v) is 3.80. The number of rotatable bonds is 3. The van der Waals surface area contributed by atoms with E-state index in [4.69, 9.17) is 5.11 Å². The normalized spacial score (nSPS) is 13.8. The molecule has 0 fully saturated rings. The molecule has 1 unspecified atom stereocenters. The van der Waals surface area contributed by atoms with E-state index in [1.54, 1.807) is 0 Å². The van der Waals surface area contributed by atoms with Crippen molar-refractivity contribution in [3.05, 3.63) is 51.8 Å². The number of carbonyl (C=O) groups excluding carboxylic acids is 1. The fourth-order valence-electron chi connectivity index (χ4n) is 1.76. The topological polar surface area (TPSA) is 71.7 Å². The van der Waals surface area contributed by atoms with Crippen LogP contribution in [0.5, 0.6) is 0 Å². The molecule has 23 heavy (non-hydrogen) atoms. The fraction of sp³-hybridized carbons (Fsp3) is 0.214. The van der Waals surface area contributed by atoms with Crippen molar-refractivity contribution in [1.29, 1.82) is 0 Å². The predicted octanol–water partition coefficient (Wildman–Crippen LogP) is 2.96. The molecule has 122 valence electrons. The van der Waals surface area contributed by atoms with Crippen LogP contribution in [0, 0.1) is 0 Å². The molecule has 1 N–H and O–H groups in total. The second kappa shape index (κ2) is 6.37. The SMILES string of the molecule is CC(C(=O)O)n1ccsc1=NC(=O)c1cccc(C(F)(F)F)c1. The van der Waals surface area contributed by atoms with Crippen LogP contribution in [0.3, 0.4) is 0 Å². The van der Waals surface area contributed by atoms with E-state index in [9.17, 15) is 22.8 Å². The summed E-state index contributed by atoms with van der Waals surface area (Å²) in [6.45, 7) is 1.41. The van der Waals surface area contributed by atoms with Crippen molar-refractivity contribution in [3.8, 4) is 0 Å². The molecule has 2 aromatic rings. The van der Waals surface area contributed by atoms with Crippen LogP contribution in [-0.2, 0) is 11.0 Å². The molecule has 9 heteroatoms. The summed E-state index contributed by atoms with van der Waals surface area (Å²) in [5, 5.41) is 10.5. The Balaban J connectivity index is 2.40. The summed E-state index contributed by atoms with van der Waals surface area (Å²) in [4.78, 5) is 26.9. The molecule has 0 radical (unpaired) electrons. The van der Waals surface area contributed by atoms with E-state index in [1.807, 2.05) is 0 Å². The molecule has 1 aromatic carbocycles. The third kappa shape index (κ3) is 3.86. The summed E-state index contributed by atoms with van der Waals surface area (Å²) in [6.07, 6.45) is -3.11. The Morgan fingerprint density at radius 2 is 2.04 bits per heavy atom. The second-order valence-corrected chi connectivity index (χ2v) is 5.48. The molecule has 2 rings (SSSR count). The maximum absolute atomic E-state index is 12.7. The van der Waals surface area contributed by atoms with Gasteiger partial charge < -0.3 is 9.67 Å². The van der Waals surface area contributed by atoms with Crippen molar-refractivity contribution in [2.45, 2.75) is 19.1 Å². The Morgan fingerprint density at radius 3 is 2.65 bits per heavy atom. The highest BCUT2D eigenvalue weighted by atomic mass is 32.1. The van der Waals surface area contributed by atoms with Crippen molar-refractivity contribution in [2.24, 2.45) is 4.99 Å². The number of thiazole rings is 1. The largest absolute Gasteiger partial charge is 0.480 e. The first-order valence-electron chi connectivity index (χ1n) is 6.35. The van der Waals surface area contributed by atoms with Crippen LogP contribution >= 0.6 is 11.3 Å². The van der Waals surface area contributed by atoms with Crippen LogP contribution in [0.25, 0.3) is 0 Å². The number of nitrogens with zero attached hydrogens (tertiary/aromatic N) is 2. The van der Waals surface area contributed by atoms with E-state index in [2.05, 4.69) is 4.99 Å². The summed E-state index contributed by atoms with van der Waals surface area (Å²) in [7, 11) is 0. The van der Waals surface area contributed by atoms with E-state index in [1.165, 1.54) is 29.1 Å². The number of benzene rings is 1. The van der Waals surface area contributed by atoms with Crippen LogP contribution in [-0.4, -0.2) is 21.6 Å². The highest BCUT2D eigenvalue weighted by molar-refractivity contribution is 7.07. The molecule has 1 aromatic heterocycles. The highest BCUT2D eigenvalue weighted by Crippen LogP contribution is 2.29. The van der Waals surface area contributed by atoms with E-state index in [-0.39, 0.29) is 10.4 Å². The van der Waals surface area contributed by atoms with Gasteiger partial charge in [-0.15, -0.1) is 11.3 Å². The summed E-state index contributed by atoms with van der Waals surface area (Å²) in [5.41, 5.74) is -1.17. The molecule has 1 amide bonds. The number of halogens is 3. The maximum Gasteiger partial charge on any atom is 0.416 e. The lowest BCUT2D eigenvalue weighted by molar-refractivity contribution is -0.140. The highest BCUT2D eigenvalue weighted by Gasteiger charge is 2.30. The average Bonchev–Trinajstić information content (AvgIpc) is 2.93. The Labute approximate surface area is 132 Å². The number of hydrogen-bond donors (Lipinski definition) is 1. The molecular weight excluding hydrogens is 333 g/mol. The third-order valence-electron chi connectivity index (χ3n) is 3.02. The molecule has 0 saturated carbocycles. The molecular formula is C14H11F3N2O3S. The van der Waals surface area contributed by atoms with Gasteiger partial charge in [-0.2, -0.15) is 18.2 Å². The van der Waals surface area contributed by atoms with E-state index in [0.717, 1.165) is 23.5 Å². The smallest absolute Gasteiger partial charge is 0.416 e. The molecule has 1 heterocycles. The molecule has 0 spiro atoms. The van der Waals surface area contributed by atoms with Crippen LogP contribution in [0.4, 0.5) is 13.2 Å². The van der Waals surface area contributed by atoms with Crippen LogP contribution in [0.1, 0.15) is 28.9 Å².